The van der Waals surface area contributed by atoms with Crippen molar-refractivity contribution in [2.45, 2.75) is 26.7 Å². The number of aldehydes is 1. The number of aryl methyl sites for hydroxylation is 1. The Kier molecular flexibility index (Phi) is 3.87. The van der Waals surface area contributed by atoms with E-state index in [1.165, 1.54) is 5.56 Å². The lowest BCUT2D eigenvalue weighted by atomic mass is 9.88. The van der Waals surface area contributed by atoms with Crippen LogP contribution in [0.2, 0.25) is 0 Å². The van der Waals surface area contributed by atoms with Gasteiger partial charge in [-0.25, -0.2) is 0 Å². The average Bonchev–Trinajstić information content (AvgIpc) is 2.15. The zero-order valence-electron chi connectivity index (χ0n) is 8.59. The Morgan fingerprint density at radius 2 is 2.14 bits per heavy atom. The first kappa shape index (κ1) is 11.4. The van der Waals surface area contributed by atoms with E-state index in [2.05, 4.69) is 28.1 Å². The summed E-state index contributed by atoms with van der Waals surface area (Å²) in [6.07, 6.45) is 2.88. The van der Waals surface area contributed by atoms with Gasteiger partial charge in [0.05, 0.1) is 0 Å². The molecule has 2 heteroatoms. The van der Waals surface area contributed by atoms with Crippen molar-refractivity contribution in [3.05, 3.63) is 34.3 Å². The number of benzene rings is 1. The van der Waals surface area contributed by atoms with E-state index in [1.807, 2.05) is 26.0 Å². The molecular formula is C12H15BrO. The molecule has 1 aromatic carbocycles. The molecule has 0 aliphatic rings. The van der Waals surface area contributed by atoms with Crippen molar-refractivity contribution in [2.75, 3.05) is 0 Å². The molecule has 0 radical (unpaired) electrons. The van der Waals surface area contributed by atoms with Gasteiger partial charge in [0, 0.05) is 9.89 Å². The third-order valence-electron chi connectivity index (χ3n) is 2.27. The molecule has 1 nitrogen and oxygen atoms in total. The molecule has 0 N–H and O–H groups in total. The molecule has 0 atom stereocenters. The van der Waals surface area contributed by atoms with Crippen molar-refractivity contribution < 1.29 is 4.79 Å². The number of halogens is 1. The van der Waals surface area contributed by atoms with Crippen LogP contribution in [0.1, 0.15) is 25.8 Å². The van der Waals surface area contributed by atoms with Crippen molar-refractivity contribution in [1.82, 2.24) is 0 Å². The van der Waals surface area contributed by atoms with Gasteiger partial charge in [-0.1, -0.05) is 41.9 Å². The molecule has 0 aliphatic heterocycles. The van der Waals surface area contributed by atoms with E-state index < -0.39 is 0 Å². The zero-order chi connectivity index (χ0) is 10.6. The molecule has 1 rings (SSSR count). The summed E-state index contributed by atoms with van der Waals surface area (Å²) in [5.74, 6) is 0. The Hall–Kier alpha value is -0.630. The molecule has 0 saturated heterocycles. The van der Waals surface area contributed by atoms with Crippen LogP contribution in [0.4, 0.5) is 0 Å². The first-order valence-corrected chi connectivity index (χ1v) is 5.53. The Labute approximate surface area is 93.7 Å². The van der Waals surface area contributed by atoms with Crippen LogP contribution in [0.25, 0.3) is 0 Å². The fourth-order valence-electron chi connectivity index (χ4n) is 1.22. The summed E-state index contributed by atoms with van der Waals surface area (Å²) in [5, 5.41) is 0. The fraction of sp³-hybridized carbons (Fsp3) is 0.417. The molecule has 1 aromatic rings. The highest BCUT2D eigenvalue weighted by molar-refractivity contribution is 9.10. The highest BCUT2D eigenvalue weighted by Gasteiger charge is 2.15. The Balaban J connectivity index is 2.58. The van der Waals surface area contributed by atoms with Crippen LogP contribution in [-0.2, 0) is 11.2 Å². The SMILES string of the molecule is CC(C)(C=O)CCc1cccc(Br)c1. The van der Waals surface area contributed by atoms with Gasteiger partial charge in [-0.2, -0.15) is 0 Å². The normalized spacial score (nSPS) is 11.4. The standard InChI is InChI=1S/C12H15BrO/c1-12(2,9-14)7-6-10-4-3-5-11(13)8-10/h3-5,8-9H,6-7H2,1-2H3. The number of carbonyl (C=O) groups excluding carboxylic acids is 1. The molecule has 0 aromatic heterocycles. The van der Waals surface area contributed by atoms with E-state index in [-0.39, 0.29) is 5.41 Å². The van der Waals surface area contributed by atoms with Gasteiger partial charge in [-0.05, 0) is 30.5 Å². The second-order valence-electron chi connectivity index (χ2n) is 4.24. The molecule has 0 saturated carbocycles. The van der Waals surface area contributed by atoms with Gasteiger partial charge in [-0.3, -0.25) is 0 Å². The quantitative estimate of drug-likeness (QED) is 0.751. The van der Waals surface area contributed by atoms with Crippen LogP contribution in [0.15, 0.2) is 28.7 Å². The van der Waals surface area contributed by atoms with Gasteiger partial charge in [0.25, 0.3) is 0 Å². The molecule has 0 heterocycles. The predicted octanol–water partition coefficient (Wildman–Crippen LogP) is 3.61. The molecule has 0 unspecified atom stereocenters. The first-order chi connectivity index (χ1) is 6.53. The lowest BCUT2D eigenvalue weighted by Crippen LogP contribution is -2.13. The van der Waals surface area contributed by atoms with Gasteiger partial charge < -0.3 is 4.79 Å². The topological polar surface area (TPSA) is 17.1 Å². The molecule has 14 heavy (non-hydrogen) atoms. The predicted molar refractivity (Wildman–Crippen MR) is 62.3 cm³/mol. The number of hydrogen-bond acceptors (Lipinski definition) is 1. The monoisotopic (exact) mass is 254 g/mol. The van der Waals surface area contributed by atoms with Crippen LogP contribution in [-0.4, -0.2) is 6.29 Å². The average molecular weight is 255 g/mol. The molecule has 0 spiro atoms. The van der Waals surface area contributed by atoms with E-state index >= 15 is 0 Å². The van der Waals surface area contributed by atoms with E-state index in [4.69, 9.17) is 0 Å². The van der Waals surface area contributed by atoms with Crippen molar-refractivity contribution in [1.29, 1.82) is 0 Å². The van der Waals surface area contributed by atoms with Gasteiger partial charge >= 0.3 is 0 Å². The largest absolute Gasteiger partial charge is 0.303 e. The maximum Gasteiger partial charge on any atom is 0.125 e. The van der Waals surface area contributed by atoms with Crippen LogP contribution in [0.3, 0.4) is 0 Å². The highest BCUT2D eigenvalue weighted by atomic mass is 79.9. The smallest absolute Gasteiger partial charge is 0.125 e. The minimum Gasteiger partial charge on any atom is -0.303 e. The molecule has 0 fully saturated rings. The Morgan fingerprint density at radius 1 is 1.43 bits per heavy atom. The molecule has 0 aliphatic carbocycles. The van der Waals surface area contributed by atoms with Gasteiger partial charge in [0.15, 0.2) is 0 Å². The minimum atomic E-state index is -0.206. The maximum atomic E-state index is 10.7. The zero-order valence-corrected chi connectivity index (χ0v) is 10.2. The van der Waals surface area contributed by atoms with E-state index in [1.54, 1.807) is 0 Å². The number of rotatable bonds is 4. The van der Waals surface area contributed by atoms with Crippen molar-refractivity contribution in [2.24, 2.45) is 5.41 Å². The van der Waals surface area contributed by atoms with Crippen molar-refractivity contribution in [3.8, 4) is 0 Å². The minimum absolute atomic E-state index is 0.206. The fourth-order valence-corrected chi connectivity index (χ4v) is 1.66. The number of carbonyl (C=O) groups is 1. The third-order valence-corrected chi connectivity index (χ3v) is 2.76. The summed E-state index contributed by atoms with van der Waals surface area (Å²) < 4.78 is 1.10. The highest BCUT2D eigenvalue weighted by Crippen LogP contribution is 2.21. The molecule has 0 amide bonds. The van der Waals surface area contributed by atoms with Gasteiger partial charge in [0.2, 0.25) is 0 Å². The third kappa shape index (κ3) is 3.62. The Bertz CT molecular complexity index is 318. The van der Waals surface area contributed by atoms with E-state index in [0.29, 0.717) is 0 Å². The summed E-state index contributed by atoms with van der Waals surface area (Å²) in [6, 6.07) is 8.22. The summed E-state index contributed by atoms with van der Waals surface area (Å²) in [7, 11) is 0. The lowest BCUT2D eigenvalue weighted by Gasteiger charge is -2.16. The summed E-state index contributed by atoms with van der Waals surface area (Å²) in [4.78, 5) is 10.7. The summed E-state index contributed by atoms with van der Waals surface area (Å²) >= 11 is 3.43. The van der Waals surface area contributed by atoms with Crippen LogP contribution >= 0.6 is 15.9 Å². The van der Waals surface area contributed by atoms with E-state index in [0.717, 1.165) is 23.6 Å². The second-order valence-corrected chi connectivity index (χ2v) is 5.15. The van der Waals surface area contributed by atoms with Crippen LogP contribution in [0.5, 0.6) is 0 Å². The Morgan fingerprint density at radius 3 is 2.71 bits per heavy atom. The van der Waals surface area contributed by atoms with Crippen molar-refractivity contribution in [3.63, 3.8) is 0 Å². The van der Waals surface area contributed by atoms with E-state index in [9.17, 15) is 4.79 Å². The summed E-state index contributed by atoms with van der Waals surface area (Å²) in [5.41, 5.74) is 1.07. The van der Waals surface area contributed by atoms with Gasteiger partial charge in [0.1, 0.15) is 6.29 Å². The first-order valence-electron chi connectivity index (χ1n) is 4.74. The second kappa shape index (κ2) is 4.74. The molecular weight excluding hydrogens is 240 g/mol. The van der Waals surface area contributed by atoms with Crippen LogP contribution < -0.4 is 0 Å². The summed E-state index contributed by atoms with van der Waals surface area (Å²) in [6.45, 7) is 3.94. The van der Waals surface area contributed by atoms with Gasteiger partial charge in [-0.15, -0.1) is 0 Å². The van der Waals surface area contributed by atoms with Crippen LogP contribution in [0, 0.1) is 5.41 Å². The number of hydrogen-bond donors (Lipinski definition) is 0. The lowest BCUT2D eigenvalue weighted by molar-refractivity contribution is -0.114. The maximum absolute atomic E-state index is 10.7. The van der Waals surface area contributed by atoms with Crippen molar-refractivity contribution >= 4 is 22.2 Å². The molecule has 0 bridgehead atoms. The molecule has 76 valence electrons.